The van der Waals surface area contributed by atoms with E-state index in [0.717, 1.165) is 6.07 Å². The number of benzene rings is 2. The predicted octanol–water partition coefficient (Wildman–Crippen LogP) is 2.03. The molecule has 29 heavy (non-hydrogen) atoms. The number of anilines is 1. The van der Waals surface area contributed by atoms with Crippen LogP contribution in [0.3, 0.4) is 0 Å². The topological polar surface area (TPSA) is 151 Å². The van der Waals surface area contributed by atoms with Gasteiger partial charge >= 0.3 is 5.97 Å². The summed E-state index contributed by atoms with van der Waals surface area (Å²) in [4.78, 5) is 45.5. The van der Waals surface area contributed by atoms with E-state index < -0.39 is 41.5 Å². The Balaban J connectivity index is 1.79. The number of halogens is 1. The van der Waals surface area contributed by atoms with Crippen LogP contribution >= 0.6 is 11.6 Å². The molecular formula is C18H13ClN4O6. The van der Waals surface area contributed by atoms with Crippen LogP contribution in [0, 0.1) is 21.4 Å². The number of rotatable bonds is 7. The van der Waals surface area contributed by atoms with Gasteiger partial charge in [0.05, 0.1) is 16.6 Å². The van der Waals surface area contributed by atoms with Crippen LogP contribution in [-0.2, 0) is 14.3 Å². The van der Waals surface area contributed by atoms with Crippen LogP contribution in [0.1, 0.15) is 15.9 Å². The SMILES string of the molecule is N#Cc1ccc(NC(=O)COC(=O)CNC(=O)c2ccc(Cl)c([N+](=O)[O-])c2)cc1. The molecule has 0 bridgehead atoms. The molecule has 0 radical (unpaired) electrons. The second kappa shape index (κ2) is 9.82. The van der Waals surface area contributed by atoms with Gasteiger partial charge in [-0.25, -0.2) is 0 Å². The highest BCUT2D eigenvalue weighted by atomic mass is 35.5. The first kappa shape index (κ1) is 21.3. The highest BCUT2D eigenvalue weighted by molar-refractivity contribution is 6.32. The van der Waals surface area contributed by atoms with Gasteiger partial charge in [-0.1, -0.05) is 11.6 Å². The van der Waals surface area contributed by atoms with Gasteiger partial charge in [0.2, 0.25) is 0 Å². The first-order valence-electron chi connectivity index (χ1n) is 7.98. The Bertz CT molecular complexity index is 1000. The smallest absolute Gasteiger partial charge is 0.325 e. The van der Waals surface area contributed by atoms with Gasteiger partial charge in [0.1, 0.15) is 11.6 Å². The number of carbonyl (C=O) groups excluding carboxylic acids is 3. The summed E-state index contributed by atoms with van der Waals surface area (Å²) in [5.74, 6) is -2.23. The predicted molar refractivity (Wildman–Crippen MR) is 101 cm³/mol. The number of esters is 1. The van der Waals surface area contributed by atoms with Crippen LogP contribution in [0.5, 0.6) is 0 Å². The molecule has 11 heteroatoms. The van der Waals surface area contributed by atoms with Crippen molar-refractivity contribution in [2.75, 3.05) is 18.5 Å². The first-order chi connectivity index (χ1) is 13.8. The highest BCUT2D eigenvalue weighted by Crippen LogP contribution is 2.24. The molecule has 0 atom stereocenters. The summed E-state index contributed by atoms with van der Waals surface area (Å²) in [5.41, 5.74) is 0.340. The van der Waals surface area contributed by atoms with Gasteiger partial charge in [0, 0.05) is 17.3 Å². The number of nitriles is 1. The molecule has 0 saturated carbocycles. The van der Waals surface area contributed by atoms with Gasteiger partial charge in [0.15, 0.2) is 6.61 Å². The normalized spacial score (nSPS) is 9.79. The average molecular weight is 417 g/mol. The lowest BCUT2D eigenvalue weighted by Crippen LogP contribution is -2.32. The summed E-state index contributed by atoms with van der Waals surface area (Å²) in [7, 11) is 0. The Kier molecular flexibility index (Phi) is 7.22. The molecule has 2 aromatic carbocycles. The minimum absolute atomic E-state index is 0.0625. The maximum absolute atomic E-state index is 12.0. The lowest BCUT2D eigenvalue weighted by atomic mass is 10.2. The highest BCUT2D eigenvalue weighted by Gasteiger charge is 2.17. The summed E-state index contributed by atoms with van der Waals surface area (Å²) in [6, 6.07) is 11.4. The van der Waals surface area contributed by atoms with Crippen molar-refractivity contribution in [1.29, 1.82) is 5.26 Å². The van der Waals surface area contributed by atoms with Crippen LogP contribution in [0.25, 0.3) is 0 Å². The number of nitrogens with zero attached hydrogens (tertiary/aromatic N) is 2. The van der Waals surface area contributed by atoms with Crippen LogP contribution in [-0.4, -0.2) is 35.9 Å². The van der Waals surface area contributed by atoms with E-state index in [9.17, 15) is 24.5 Å². The molecular weight excluding hydrogens is 404 g/mol. The number of nitro groups is 1. The third kappa shape index (κ3) is 6.30. The summed E-state index contributed by atoms with van der Waals surface area (Å²) in [5, 5.41) is 24.1. The Labute approximate surface area is 169 Å². The fraction of sp³-hybridized carbons (Fsp3) is 0.111. The van der Waals surface area contributed by atoms with Crippen LogP contribution < -0.4 is 10.6 Å². The van der Waals surface area contributed by atoms with E-state index in [1.807, 2.05) is 6.07 Å². The van der Waals surface area contributed by atoms with Gasteiger partial charge in [0.25, 0.3) is 17.5 Å². The first-order valence-corrected chi connectivity index (χ1v) is 8.35. The standard InChI is InChI=1S/C18H13ClN4O6/c19-14-6-3-12(7-15(14)23(27)28)18(26)21-9-17(25)29-10-16(24)22-13-4-1-11(8-20)2-5-13/h1-7H,9-10H2,(H,21,26)(H,22,24). The molecule has 0 aliphatic carbocycles. The Morgan fingerprint density at radius 1 is 1.17 bits per heavy atom. The van der Waals surface area contributed by atoms with Gasteiger partial charge in [-0.05, 0) is 36.4 Å². The van der Waals surface area contributed by atoms with E-state index in [2.05, 4.69) is 10.6 Å². The molecule has 2 rings (SSSR count). The zero-order chi connectivity index (χ0) is 21.4. The van der Waals surface area contributed by atoms with Crippen molar-refractivity contribution in [1.82, 2.24) is 5.32 Å². The van der Waals surface area contributed by atoms with Crippen LogP contribution in [0.2, 0.25) is 5.02 Å². The molecule has 0 aliphatic heterocycles. The number of amides is 2. The third-order valence-corrected chi connectivity index (χ3v) is 3.78. The second-order valence-corrected chi connectivity index (χ2v) is 5.91. The molecule has 10 nitrogen and oxygen atoms in total. The number of carbonyl (C=O) groups is 3. The van der Waals surface area contributed by atoms with Crippen molar-refractivity contribution < 1.29 is 24.0 Å². The lowest BCUT2D eigenvalue weighted by molar-refractivity contribution is -0.384. The largest absolute Gasteiger partial charge is 0.454 e. The Hall–Kier alpha value is -3.97. The minimum atomic E-state index is -0.878. The molecule has 0 fully saturated rings. The Morgan fingerprint density at radius 2 is 1.86 bits per heavy atom. The van der Waals surface area contributed by atoms with Gasteiger partial charge < -0.3 is 15.4 Å². The molecule has 0 spiro atoms. The summed E-state index contributed by atoms with van der Waals surface area (Å²) in [6.07, 6.45) is 0. The molecule has 0 saturated heterocycles. The minimum Gasteiger partial charge on any atom is -0.454 e. The molecule has 0 unspecified atom stereocenters. The number of hydrogen-bond donors (Lipinski definition) is 2. The zero-order valence-electron chi connectivity index (χ0n) is 14.7. The Morgan fingerprint density at radius 3 is 2.48 bits per heavy atom. The molecule has 2 N–H and O–H groups in total. The zero-order valence-corrected chi connectivity index (χ0v) is 15.4. The van der Waals surface area contributed by atoms with Crippen molar-refractivity contribution in [3.63, 3.8) is 0 Å². The maximum atomic E-state index is 12.0. The second-order valence-electron chi connectivity index (χ2n) is 5.50. The van der Waals surface area contributed by atoms with E-state index in [1.165, 1.54) is 36.4 Å². The quantitative estimate of drug-likeness (QED) is 0.398. The number of hydrogen-bond acceptors (Lipinski definition) is 7. The monoisotopic (exact) mass is 416 g/mol. The fourth-order valence-corrected chi connectivity index (χ4v) is 2.26. The molecule has 0 aliphatic rings. The van der Waals surface area contributed by atoms with Crippen LogP contribution in [0.4, 0.5) is 11.4 Å². The van der Waals surface area contributed by atoms with Gasteiger partial charge in [-0.15, -0.1) is 0 Å². The van der Waals surface area contributed by atoms with Crippen molar-refractivity contribution in [2.24, 2.45) is 0 Å². The van der Waals surface area contributed by atoms with E-state index in [0.29, 0.717) is 11.3 Å². The molecule has 148 valence electrons. The van der Waals surface area contributed by atoms with Gasteiger partial charge in [-0.3, -0.25) is 24.5 Å². The molecule has 0 heterocycles. The molecule has 2 amide bonds. The maximum Gasteiger partial charge on any atom is 0.325 e. The van der Waals surface area contributed by atoms with E-state index in [-0.39, 0.29) is 10.6 Å². The molecule has 0 aromatic heterocycles. The fourth-order valence-electron chi connectivity index (χ4n) is 2.07. The van der Waals surface area contributed by atoms with E-state index in [1.54, 1.807) is 0 Å². The summed E-state index contributed by atoms with van der Waals surface area (Å²) in [6.45, 7) is -1.12. The van der Waals surface area contributed by atoms with Gasteiger partial charge in [-0.2, -0.15) is 5.26 Å². The number of ether oxygens (including phenoxy) is 1. The lowest BCUT2D eigenvalue weighted by Gasteiger charge is -2.08. The van der Waals surface area contributed by atoms with E-state index in [4.69, 9.17) is 21.6 Å². The van der Waals surface area contributed by atoms with Crippen molar-refractivity contribution in [3.8, 4) is 6.07 Å². The summed E-state index contributed by atoms with van der Waals surface area (Å²) >= 11 is 5.67. The third-order valence-electron chi connectivity index (χ3n) is 3.46. The van der Waals surface area contributed by atoms with Crippen molar-refractivity contribution >= 4 is 40.8 Å². The summed E-state index contributed by atoms with van der Waals surface area (Å²) < 4.78 is 4.74. The number of nitrogens with one attached hydrogen (secondary N) is 2. The average Bonchev–Trinajstić information content (AvgIpc) is 2.71. The van der Waals surface area contributed by atoms with E-state index >= 15 is 0 Å². The van der Waals surface area contributed by atoms with Crippen molar-refractivity contribution in [2.45, 2.75) is 0 Å². The van der Waals surface area contributed by atoms with Crippen molar-refractivity contribution in [3.05, 3.63) is 68.7 Å². The molecule has 2 aromatic rings. The van der Waals surface area contributed by atoms with Crippen LogP contribution in [0.15, 0.2) is 42.5 Å². The number of nitro benzene ring substituents is 1.